The number of aryl methyl sites for hydroxylation is 1. The number of hydrogen-bond acceptors (Lipinski definition) is 0. The Balaban J connectivity index is 2.53. The lowest BCUT2D eigenvalue weighted by Crippen LogP contribution is -2.07. The molecule has 0 nitrogen and oxygen atoms in total. The van der Waals surface area contributed by atoms with E-state index >= 15 is 0 Å². The van der Waals surface area contributed by atoms with Crippen LogP contribution in [-0.2, 0) is 5.41 Å². The Morgan fingerprint density at radius 2 is 1.86 bits per heavy atom. The number of hydrogen-bond donors (Lipinski definition) is 0. The Labute approximate surface area is 87.3 Å². The predicted molar refractivity (Wildman–Crippen MR) is 61.9 cm³/mol. The van der Waals surface area contributed by atoms with Gasteiger partial charge in [0.2, 0.25) is 0 Å². The molecule has 0 amide bonds. The summed E-state index contributed by atoms with van der Waals surface area (Å²) in [6, 6.07) is 6.78. The summed E-state index contributed by atoms with van der Waals surface area (Å²) < 4.78 is 0. The van der Waals surface area contributed by atoms with Crippen molar-refractivity contribution in [2.45, 2.75) is 51.9 Å². The van der Waals surface area contributed by atoms with Gasteiger partial charge in [0.15, 0.2) is 0 Å². The molecule has 1 aliphatic rings. The zero-order valence-corrected chi connectivity index (χ0v) is 9.72. The highest BCUT2D eigenvalue weighted by Crippen LogP contribution is 2.50. The second-order valence-electron chi connectivity index (χ2n) is 5.25. The molecule has 1 fully saturated rings. The van der Waals surface area contributed by atoms with E-state index in [1.54, 1.807) is 11.1 Å². The molecule has 76 valence electrons. The predicted octanol–water partition coefficient (Wildman–Crippen LogP) is 4.17. The molecule has 0 saturated heterocycles. The van der Waals surface area contributed by atoms with Gasteiger partial charge in [0.25, 0.3) is 0 Å². The third-order valence-electron chi connectivity index (χ3n) is 3.55. The molecule has 0 unspecified atom stereocenters. The molecule has 14 heavy (non-hydrogen) atoms. The van der Waals surface area contributed by atoms with Gasteiger partial charge in [0.1, 0.15) is 0 Å². The first kappa shape index (κ1) is 9.76. The molecule has 1 aliphatic carbocycles. The Bertz CT molecular complexity index is 343. The quantitative estimate of drug-likeness (QED) is 0.653. The Hall–Kier alpha value is -0.780. The van der Waals surface area contributed by atoms with Gasteiger partial charge in [-0.15, -0.1) is 0 Å². The smallest absolute Gasteiger partial charge is 0.00717 e. The highest BCUT2D eigenvalue weighted by Gasteiger charge is 2.40. The summed E-state index contributed by atoms with van der Waals surface area (Å²) in [5.41, 5.74) is 5.16. The van der Waals surface area contributed by atoms with Gasteiger partial charge in [-0.2, -0.15) is 0 Å². The molecule has 0 radical (unpaired) electrons. The van der Waals surface area contributed by atoms with Crippen molar-refractivity contribution in [1.29, 1.82) is 0 Å². The zero-order valence-electron chi connectivity index (χ0n) is 9.72. The minimum absolute atomic E-state index is 0.506. The van der Waals surface area contributed by atoms with E-state index in [-0.39, 0.29) is 0 Å². The van der Waals surface area contributed by atoms with Gasteiger partial charge >= 0.3 is 0 Å². The average Bonchev–Trinajstić information content (AvgIpc) is 2.84. The van der Waals surface area contributed by atoms with Crippen LogP contribution in [0.15, 0.2) is 18.2 Å². The van der Waals surface area contributed by atoms with Crippen molar-refractivity contribution in [2.24, 2.45) is 0 Å². The molecule has 1 saturated carbocycles. The third-order valence-corrected chi connectivity index (χ3v) is 3.55. The van der Waals surface area contributed by atoms with Crippen molar-refractivity contribution in [1.82, 2.24) is 0 Å². The molecule has 0 aromatic heterocycles. The van der Waals surface area contributed by atoms with E-state index in [0.717, 1.165) is 0 Å². The van der Waals surface area contributed by atoms with E-state index in [4.69, 9.17) is 0 Å². The largest absolute Gasteiger partial charge is 0.0617 e. The summed E-state index contributed by atoms with van der Waals surface area (Å²) >= 11 is 0. The zero-order chi connectivity index (χ0) is 10.3. The summed E-state index contributed by atoms with van der Waals surface area (Å²) in [4.78, 5) is 0. The summed E-state index contributed by atoms with van der Waals surface area (Å²) in [7, 11) is 0. The van der Waals surface area contributed by atoms with E-state index in [2.05, 4.69) is 45.9 Å². The van der Waals surface area contributed by atoms with Gasteiger partial charge < -0.3 is 0 Å². The van der Waals surface area contributed by atoms with Crippen molar-refractivity contribution in [3.63, 3.8) is 0 Å². The standard InChI is InChI=1S/C14H20/c1-10(2)13-11(3)6-5-7-12(13)14(4)8-9-14/h5-7,10H,8-9H2,1-4H3. The van der Waals surface area contributed by atoms with Gasteiger partial charge in [-0.3, -0.25) is 0 Å². The van der Waals surface area contributed by atoms with Gasteiger partial charge in [-0.05, 0) is 47.8 Å². The van der Waals surface area contributed by atoms with Crippen LogP contribution in [0, 0.1) is 6.92 Å². The van der Waals surface area contributed by atoms with Crippen molar-refractivity contribution in [3.05, 3.63) is 34.9 Å². The minimum Gasteiger partial charge on any atom is -0.0617 e. The van der Waals surface area contributed by atoms with Crippen LogP contribution in [-0.4, -0.2) is 0 Å². The normalized spacial score (nSPS) is 18.6. The molecule has 2 rings (SSSR count). The maximum atomic E-state index is 2.40. The average molecular weight is 188 g/mol. The third kappa shape index (κ3) is 1.47. The molecular formula is C14H20. The molecule has 0 N–H and O–H groups in total. The highest BCUT2D eigenvalue weighted by atomic mass is 14.4. The first-order chi connectivity index (χ1) is 6.54. The van der Waals surface area contributed by atoms with E-state index < -0.39 is 0 Å². The van der Waals surface area contributed by atoms with Crippen LogP contribution in [0.3, 0.4) is 0 Å². The Kier molecular flexibility index (Phi) is 2.17. The molecule has 0 heteroatoms. The van der Waals surface area contributed by atoms with Crippen LogP contribution in [0.5, 0.6) is 0 Å². The molecule has 0 aliphatic heterocycles. The first-order valence-electron chi connectivity index (χ1n) is 5.64. The van der Waals surface area contributed by atoms with Crippen LogP contribution in [0.4, 0.5) is 0 Å². The lowest BCUT2D eigenvalue weighted by molar-refractivity contribution is 0.737. The minimum atomic E-state index is 0.506. The Morgan fingerprint density at radius 1 is 1.21 bits per heavy atom. The maximum Gasteiger partial charge on any atom is -0.00717 e. The van der Waals surface area contributed by atoms with Gasteiger partial charge in [0.05, 0.1) is 0 Å². The number of benzene rings is 1. The van der Waals surface area contributed by atoms with Crippen LogP contribution in [0.1, 0.15) is 56.2 Å². The number of rotatable bonds is 2. The van der Waals surface area contributed by atoms with Crippen molar-refractivity contribution in [2.75, 3.05) is 0 Å². The van der Waals surface area contributed by atoms with E-state index in [1.807, 2.05) is 0 Å². The van der Waals surface area contributed by atoms with Crippen LogP contribution in [0.2, 0.25) is 0 Å². The van der Waals surface area contributed by atoms with Crippen molar-refractivity contribution in [3.8, 4) is 0 Å². The summed E-state index contributed by atoms with van der Waals surface area (Å²) in [5, 5.41) is 0. The SMILES string of the molecule is Cc1cccc(C2(C)CC2)c1C(C)C. The van der Waals surface area contributed by atoms with Crippen molar-refractivity contribution >= 4 is 0 Å². The lowest BCUT2D eigenvalue weighted by Gasteiger charge is -2.20. The van der Waals surface area contributed by atoms with Crippen LogP contribution in [0.25, 0.3) is 0 Å². The van der Waals surface area contributed by atoms with E-state index in [9.17, 15) is 0 Å². The molecule has 1 aromatic rings. The summed E-state index contributed by atoms with van der Waals surface area (Å²) in [5.74, 6) is 0.656. The molecule has 1 aromatic carbocycles. The Morgan fingerprint density at radius 3 is 2.36 bits per heavy atom. The molecule has 0 spiro atoms. The molecule has 0 atom stereocenters. The molecular weight excluding hydrogens is 168 g/mol. The molecule has 0 bridgehead atoms. The second-order valence-corrected chi connectivity index (χ2v) is 5.25. The van der Waals surface area contributed by atoms with Gasteiger partial charge in [-0.1, -0.05) is 39.0 Å². The van der Waals surface area contributed by atoms with Crippen molar-refractivity contribution < 1.29 is 0 Å². The highest BCUT2D eigenvalue weighted by molar-refractivity contribution is 5.43. The fourth-order valence-electron chi connectivity index (χ4n) is 2.43. The fraction of sp³-hybridized carbons (Fsp3) is 0.571. The second kappa shape index (κ2) is 3.12. The van der Waals surface area contributed by atoms with E-state index in [1.165, 1.54) is 18.4 Å². The maximum absolute atomic E-state index is 2.40. The lowest BCUT2D eigenvalue weighted by atomic mass is 9.85. The van der Waals surface area contributed by atoms with Gasteiger partial charge in [-0.25, -0.2) is 0 Å². The topological polar surface area (TPSA) is 0 Å². The fourth-order valence-corrected chi connectivity index (χ4v) is 2.43. The van der Waals surface area contributed by atoms with Gasteiger partial charge in [0, 0.05) is 0 Å². The summed E-state index contributed by atoms with van der Waals surface area (Å²) in [6.07, 6.45) is 2.74. The van der Waals surface area contributed by atoms with E-state index in [0.29, 0.717) is 11.3 Å². The van der Waals surface area contributed by atoms with Crippen LogP contribution < -0.4 is 0 Å². The van der Waals surface area contributed by atoms with Crippen LogP contribution >= 0.6 is 0 Å². The first-order valence-corrected chi connectivity index (χ1v) is 5.64. The molecule has 0 heterocycles. The monoisotopic (exact) mass is 188 g/mol. The summed E-state index contributed by atoms with van der Waals surface area (Å²) in [6.45, 7) is 9.24.